The summed E-state index contributed by atoms with van der Waals surface area (Å²) >= 11 is 0. The van der Waals surface area contributed by atoms with E-state index in [1.807, 2.05) is 51.1 Å². The van der Waals surface area contributed by atoms with E-state index in [2.05, 4.69) is 20.4 Å². The second kappa shape index (κ2) is 10.1. The summed E-state index contributed by atoms with van der Waals surface area (Å²) in [6, 6.07) is 10.4. The predicted octanol–water partition coefficient (Wildman–Crippen LogP) is 5.41. The van der Waals surface area contributed by atoms with Crippen LogP contribution >= 0.6 is 0 Å². The first kappa shape index (κ1) is 25.9. The summed E-state index contributed by atoms with van der Waals surface area (Å²) in [7, 11) is 0. The largest absolute Gasteiger partial charge is 0.444 e. The maximum atomic E-state index is 12.9. The van der Waals surface area contributed by atoms with E-state index in [9.17, 15) is 23.2 Å². The quantitative estimate of drug-likeness (QED) is 0.497. The molecule has 0 spiro atoms. The molecule has 0 unspecified atom stereocenters. The van der Waals surface area contributed by atoms with Gasteiger partial charge in [-0.25, -0.2) is 19.4 Å². The Kier molecular flexibility index (Phi) is 7.07. The van der Waals surface area contributed by atoms with Gasteiger partial charge < -0.3 is 15.0 Å². The lowest BCUT2D eigenvalue weighted by Crippen LogP contribution is -2.41. The number of ether oxygens (including phenoxy) is 1. The number of piperidine rings is 1. The number of hydrogen-bond acceptors (Lipinski definition) is 7. The van der Waals surface area contributed by atoms with E-state index in [4.69, 9.17) is 4.74 Å². The van der Waals surface area contributed by atoms with Crippen LogP contribution in [0.5, 0.6) is 0 Å². The zero-order valence-electron chi connectivity index (χ0n) is 20.6. The molecule has 1 saturated heterocycles. The zero-order chi connectivity index (χ0) is 26.8. The Morgan fingerprint density at radius 3 is 2.38 bits per heavy atom. The molecule has 1 aliphatic rings. The first-order valence-electron chi connectivity index (χ1n) is 11.7. The molecule has 4 rings (SSSR count). The van der Waals surface area contributed by atoms with E-state index in [1.54, 1.807) is 4.90 Å². The van der Waals surface area contributed by atoms with Crippen LogP contribution in [0.25, 0.3) is 5.82 Å². The molecular formula is C25H26F3N7O2. The maximum Gasteiger partial charge on any atom is 0.435 e. The van der Waals surface area contributed by atoms with Gasteiger partial charge in [0.1, 0.15) is 11.7 Å². The Balaban J connectivity index is 1.43. The van der Waals surface area contributed by atoms with Gasteiger partial charge >= 0.3 is 12.3 Å². The Labute approximate surface area is 211 Å². The summed E-state index contributed by atoms with van der Waals surface area (Å²) in [4.78, 5) is 22.3. The van der Waals surface area contributed by atoms with Crippen LogP contribution in [0.1, 0.15) is 56.5 Å². The number of nitriles is 1. The van der Waals surface area contributed by atoms with Gasteiger partial charge in [-0.15, -0.1) is 0 Å². The highest BCUT2D eigenvalue weighted by Crippen LogP contribution is 2.31. The third kappa shape index (κ3) is 6.35. The van der Waals surface area contributed by atoms with Gasteiger partial charge in [0.15, 0.2) is 23.0 Å². The number of benzene rings is 1. The number of hydrogen-bond donors (Lipinski definition) is 1. The summed E-state index contributed by atoms with van der Waals surface area (Å²) < 4.78 is 45.1. The van der Waals surface area contributed by atoms with Crippen LogP contribution in [0, 0.1) is 11.3 Å². The number of rotatable bonds is 4. The van der Waals surface area contributed by atoms with Gasteiger partial charge in [-0.2, -0.15) is 23.5 Å². The third-order valence-electron chi connectivity index (χ3n) is 5.77. The van der Waals surface area contributed by atoms with Gasteiger partial charge in [-0.05, 0) is 63.3 Å². The van der Waals surface area contributed by atoms with Gasteiger partial charge in [-0.1, -0.05) is 12.1 Å². The lowest BCUT2D eigenvalue weighted by atomic mass is 9.89. The minimum Gasteiger partial charge on any atom is -0.444 e. The summed E-state index contributed by atoms with van der Waals surface area (Å²) in [6.07, 6.45) is -0.953. The van der Waals surface area contributed by atoms with Crippen molar-refractivity contribution >= 4 is 17.6 Å². The first-order valence-corrected chi connectivity index (χ1v) is 11.7. The molecule has 37 heavy (non-hydrogen) atoms. The van der Waals surface area contributed by atoms with Gasteiger partial charge in [0.2, 0.25) is 0 Å². The van der Waals surface area contributed by atoms with Crippen LogP contribution in [-0.4, -0.2) is 49.4 Å². The molecular weight excluding hydrogens is 487 g/mol. The molecule has 3 aromatic rings. The normalized spacial score (nSPS) is 14.8. The first-order chi connectivity index (χ1) is 17.4. The number of nitrogens with zero attached hydrogens (tertiary/aromatic N) is 6. The molecule has 1 aromatic carbocycles. The molecule has 3 heterocycles. The van der Waals surface area contributed by atoms with E-state index < -0.39 is 17.5 Å². The number of likely N-dealkylation sites (tertiary alicyclic amines) is 1. The average Bonchev–Trinajstić information content (AvgIpc) is 3.35. The molecule has 9 nitrogen and oxygen atoms in total. The van der Waals surface area contributed by atoms with E-state index in [0.717, 1.165) is 35.4 Å². The molecule has 1 aliphatic heterocycles. The SMILES string of the molecule is CC(C)(C)OC(=O)N1CCC(c2ccc(Nc3nc(-n4ccc(C(F)(F)F)n4)cnc3C#N)cc2)CC1. The molecule has 0 radical (unpaired) electrons. The highest BCUT2D eigenvalue weighted by Gasteiger charge is 2.34. The van der Waals surface area contributed by atoms with Gasteiger partial charge in [-0.3, -0.25) is 0 Å². The fraction of sp³-hybridized carbons (Fsp3) is 0.400. The van der Waals surface area contributed by atoms with Crippen molar-refractivity contribution in [2.24, 2.45) is 0 Å². The monoisotopic (exact) mass is 513 g/mol. The van der Waals surface area contributed by atoms with Gasteiger partial charge in [0.05, 0.1) is 6.20 Å². The van der Waals surface area contributed by atoms with Gasteiger partial charge in [0, 0.05) is 25.0 Å². The standard InChI is InChI=1S/C25H26F3N7O2/c1-24(2,3)37-23(36)34-11-8-17(9-12-34)16-4-6-18(7-5-16)31-22-19(14-29)30-15-21(32-22)35-13-10-20(33-35)25(26,27)28/h4-7,10,13,15,17H,8-9,11-12H2,1-3H3,(H,31,32). The van der Waals surface area contributed by atoms with Crippen molar-refractivity contribution in [1.29, 1.82) is 5.26 Å². The zero-order valence-corrected chi connectivity index (χ0v) is 20.6. The van der Waals surface area contributed by atoms with E-state index >= 15 is 0 Å². The Bertz CT molecular complexity index is 1300. The molecule has 1 amide bonds. The Morgan fingerprint density at radius 1 is 1.14 bits per heavy atom. The number of carbonyl (C=O) groups is 1. The van der Waals surface area contributed by atoms with Crippen molar-refractivity contribution in [2.45, 2.75) is 51.3 Å². The van der Waals surface area contributed by atoms with Crippen LogP contribution in [0.3, 0.4) is 0 Å². The molecule has 0 saturated carbocycles. The minimum absolute atomic E-state index is 0.00876. The van der Waals surface area contributed by atoms with E-state index in [1.165, 1.54) is 6.20 Å². The maximum absolute atomic E-state index is 12.9. The number of halogens is 3. The lowest BCUT2D eigenvalue weighted by molar-refractivity contribution is -0.141. The molecule has 12 heteroatoms. The topological polar surface area (TPSA) is 109 Å². The van der Waals surface area contributed by atoms with Crippen LogP contribution in [-0.2, 0) is 10.9 Å². The van der Waals surface area contributed by atoms with Crippen molar-refractivity contribution in [1.82, 2.24) is 24.6 Å². The Morgan fingerprint density at radius 2 is 1.81 bits per heavy atom. The highest BCUT2D eigenvalue weighted by atomic mass is 19.4. The van der Waals surface area contributed by atoms with Crippen molar-refractivity contribution in [3.05, 3.63) is 59.7 Å². The summed E-state index contributed by atoms with van der Waals surface area (Å²) in [6.45, 7) is 6.75. The molecule has 0 bridgehead atoms. The molecule has 1 N–H and O–H groups in total. The highest BCUT2D eigenvalue weighted by molar-refractivity contribution is 5.68. The van der Waals surface area contributed by atoms with Crippen LogP contribution in [0.4, 0.5) is 29.5 Å². The number of aromatic nitrogens is 4. The summed E-state index contributed by atoms with van der Waals surface area (Å²) in [5.74, 6) is 0.418. The van der Waals surface area contributed by atoms with Crippen molar-refractivity contribution in [3.63, 3.8) is 0 Å². The molecule has 0 atom stereocenters. The fourth-order valence-corrected chi connectivity index (χ4v) is 3.96. The second-order valence-electron chi connectivity index (χ2n) is 9.67. The number of alkyl halides is 3. The van der Waals surface area contributed by atoms with Crippen molar-refractivity contribution in [3.8, 4) is 11.9 Å². The van der Waals surface area contributed by atoms with Crippen LogP contribution < -0.4 is 5.32 Å². The summed E-state index contributed by atoms with van der Waals surface area (Å²) in [5, 5.41) is 15.9. The molecule has 194 valence electrons. The summed E-state index contributed by atoms with van der Waals surface area (Å²) in [5.41, 5.74) is 0.155. The van der Waals surface area contributed by atoms with Crippen LogP contribution in [0.15, 0.2) is 42.7 Å². The van der Waals surface area contributed by atoms with Crippen LogP contribution in [0.2, 0.25) is 0 Å². The number of carbonyl (C=O) groups excluding carboxylic acids is 1. The minimum atomic E-state index is -4.58. The Hall–Kier alpha value is -4.14. The second-order valence-corrected chi connectivity index (χ2v) is 9.67. The predicted molar refractivity (Wildman–Crippen MR) is 128 cm³/mol. The number of anilines is 2. The smallest absolute Gasteiger partial charge is 0.435 e. The average molecular weight is 514 g/mol. The van der Waals surface area contributed by atoms with Gasteiger partial charge in [0.25, 0.3) is 0 Å². The molecule has 1 fully saturated rings. The molecule has 0 aliphatic carbocycles. The van der Waals surface area contributed by atoms with E-state index in [-0.39, 0.29) is 29.3 Å². The number of amides is 1. The van der Waals surface area contributed by atoms with Crippen molar-refractivity contribution in [2.75, 3.05) is 18.4 Å². The fourth-order valence-electron chi connectivity index (χ4n) is 3.96. The molecule has 2 aromatic heterocycles. The van der Waals surface area contributed by atoms with Crippen molar-refractivity contribution < 1.29 is 22.7 Å². The third-order valence-corrected chi connectivity index (χ3v) is 5.77. The number of nitrogens with one attached hydrogen (secondary N) is 1. The lowest BCUT2D eigenvalue weighted by Gasteiger charge is -2.33. The van der Waals surface area contributed by atoms with E-state index in [0.29, 0.717) is 18.8 Å².